The highest BCUT2D eigenvalue weighted by atomic mass is 15.2. The molecule has 0 radical (unpaired) electrons. The van der Waals surface area contributed by atoms with Crippen molar-refractivity contribution in [2.45, 2.75) is 32.7 Å². The van der Waals surface area contributed by atoms with Gasteiger partial charge in [-0.15, -0.1) is 0 Å². The van der Waals surface area contributed by atoms with E-state index in [9.17, 15) is 0 Å². The van der Waals surface area contributed by atoms with Crippen molar-refractivity contribution in [3.63, 3.8) is 0 Å². The second-order valence-electron chi connectivity index (χ2n) is 4.69. The van der Waals surface area contributed by atoms with Crippen LogP contribution in [0.1, 0.15) is 35.5 Å². The van der Waals surface area contributed by atoms with Crippen molar-refractivity contribution >= 4 is 0 Å². The number of aryl methyl sites for hydroxylation is 2. The summed E-state index contributed by atoms with van der Waals surface area (Å²) < 4.78 is 0. The molecule has 1 atom stereocenters. The van der Waals surface area contributed by atoms with Crippen LogP contribution >= 0.6 is 0 Å². The van der Waals surface area contributed by atoms with Crippen LogP contribution in [0, 0.1) is 6.92 Å². The summed E-state index contributed by atoms with van der Waals surface area (Å²) in [4.78, 5) is 8.83. The summed E-state index contributed by atoms with van der Waals surface area (Å²) >= 11 is 0. The first-order chi connectivity index (χ1) is 9.22. The quantitative estimate of drug-likeness (QED) is 0.635. The Labute approximate surface area is 114 Å². The molecule has 2 aromatic heterocycles. The molecule has 0 aliphatic carbocycles. The molecule has 2 rings (SSSR count). The van der Waals surface area contributed by atoms with Crippen LogP contribution in [0.2, 0.25) is 0 Å². The zero-order valence-electron chi connectivity index (χ0n) is 11.4. The molecule has 0 saturated heterocycles. The van der Waals surface area contributed by atoms with Crippen LogP contribution in [0.5, 0.6) is 0 Å². The van der Waals surface area contributed by atoms with Crippen LogP contribution in [-0.2, 0) is 12.8 Å². The molecule has 2 aromatic rings. The number of hydrogen-bond acceptors (Lipinski definition) is 4. The van der Waals surface area contributed by atoms with Gasteiger partial charge in [-0.2, -0.15) is 0 Å². The number of aromatic nitrogens is 2. The van der Waals surface area contributed by atoms with Gasteiger partial charge in [0, 0.05) is 24.5 Å². The first-order valence-electron chi connectivity index (χ1n) is 6.55. The van der Waals surface area contributed by atoms with Gasteiger partial charge in [-0.05, 0) is 42.7 Å². The Hall–Kier alpha value is -1.78. The Balaban J connectivity index is 2.14. The molecule has 19 heavy (non-hydrogen) atoms. The summed E-state index contributed by atoms with van der Waals surface area (Å²) in [6.45, 7) is 4.17. The molecule has 0 saturated carbocycles. The van der Waals surface area contributed by atoms with Crippen LogP contribution in [-0.4, -0.2) is 9.97 Å². The summed E-state index contributed by atoms with van der Waals surface area (Å²) in [5.41, 5.74) is 7.21. The van der Waals surface area contributed by atoms with Crippen LogP contribution < -0.4 is 11.3 Å². The molecule has 100 valence electrons. The van der Waals surface area contributed by atoms with Gasteiger partial charge in [-0.25, -0.2) is 0 Å². The van der Waals surface area contributed by atoms with Gasteiger partial charge in [0.2, 0.25) is 0 Å². The summed E-state index contributed by atoms with van der Waals surface area (Å²) in [5, 5.41) is 0. The fraction of sp³-hybridized carbons (Fsp3) is 0.333. The van der Waals surface area contributed by atoms with E-state index in [0.29, 0.717) is 0 Å². The van der Waals surface area contributed by atoms with Crippen LogP contribution in [0.4, 0.5) is 0 Å². The van der Waals surface area contributed by atoms with Crippen molar-refractivity contribution < 1.29 is 0 Å². The van der Waals surface area contributed by atoms with Crippen LogP contribution in [0.3, 0.4) is 0 Å². The molecule has 2 heterocycles. The molecule has 3 N–H and O–H groups in total. The summed E-state index contributed by atoms with van der Waals surface area (Å²) in [6.07, 6.45) is 5.47. The second kappa shape index (κ2) is 6.41. The maximum absolute atomic E-state index is 5.64. The zero-order chi connectivity index (χ0) is 13.7. The number of nitrogens with zero attached hydrogens (tertiary/aromatic N) is 2. The number of nitrogens with two attached hydrogens (primary N) is 1. The molecule has 0 amide bonds. The standard InChI is InChI=1S/C15H20N4/c1-3-12-4-5-13(18-10-12)9-15(19-16)14-8-11(2)6-7-17-14/h4-8,10,15,19H,3,9,16H2,1-2H3. The summed E-state index contributed by atoms with van der Waals surface area (Å²) in [7, 11) is 0. The molecule has 0 bridgehead atoms. The minimum atomic E-state index is -0.0140. The van der Waals surface area contributed by atoms with E-state index in [2.05, 4.69) is 34.5 Å². The molecule has 0 aliphatic rings. The van der Waals surface area contributed by atoms with Gasteiger partial charge < -0.3 is 0 Å². The van der Waals surface area contributed by atoms with E-state index in [0.717, 1.165) is 24.2 Å². The van der Waals surface area contributed by atoms with Gasteiger partial charge in [0.1, 0.15) is 0 Å². The van der Waals surface area contributed by atoms with Gasteiger partial charge >= 0.3 is 0 Å². The monoisotopic (exact) mass is 256 g/mol. The Morgan fingerprint density at radius 2 is 2.11 bits per heavy atom. The van der Waals surface area contributed by atoms with E-state index in [-0.39, 0.29) is 6.04 Å². The molecule has 0 aliphatic heterocycles. The summed E-state index contributed by atoms with van der Waals surface area (Å²) in [5.74, 6) is 5.64. The number of pyridine rings is 2. The van der Waals surface area contributed by atoms with Crippen molar-refractivity contribution in [2.75, 3.05) is 0 Å². The molecule has 0 fully saturated rings. The number of rotatable bonds is 5. The summed E-state index contributed by atoms with van der Waals surface area (Å²) in [6, 6.07) is 8.18. The Bertz CT molecular complexity index is 522. The smallest absolute Gasteiger partial charge is 0.0687 e. The van der Waals surface area contributed by atoms with E-state index >= 15 is 0 Å². The van der Waals surface area contributed by atoms with Crippen molar-refractivity contribution in [1.29, 1.82) is 0 Å². The molecule has 0 aromatic carbocycles. The fourth-order valence-corrected chi connectivity index (χ4v) is 1.99. The van der Waals surface area contributed by atoms with E-state index in [1.807, 2.05) is 31.5 Å². The highest BCUT2D eigenvalue weighted by Crippen LogP contribution is 2.15. The van der Waals surface area contributed by atoms with Gasteiger partial charge in [0.15, 0.2) is 0 Å². The average Bonchev–Trinajstić information content (AvgIpc) is 2.45. The molecular weight excluding hydrogens is 236 g/mol. The van der Waals surface area contributed by atoms with Gasteiger partial charge in [-0.3, -0.25) is 21.2 Å². The maximum atomic E-state index is 5.64. The van der Waals surface area contributed by atoms with E-state index in [4.69, 9.17) is 5.84 Å². The third-order valence-electron chi connectivity index (χ3n) is 3.20. The lowest BCUT2D eigenvalue weighted by Gasteiger charge is -2.15. The predicted octanol–water partition coefficient (Wildman–Crippen LogP) is 2.09. The molecule has 1 unspecified atom stereocenters. The van der Waals surface area contributed by atoms with E-state index in [1.54, 1.807) is 0 Å². The normalized spacial score (nSPS) is 12.4. The van der Waals surface area contributed by atoms with E-state index in [1.165, 1.54) is 11.1 Å². The first kappa shape index (κ1) is 13.6. The van der Waals surface area contributed by atoms with Crippen LogP contribution in [0.25, 0.3) is 0 Å². The lowest BCUT2D eigenvalue weighted by atomic mass is 10.1. The Kier molecular flexibility index (Phi) is 4.60. The average molecular weight is 256 g/mol. The lowest BCUT2D eigenvalue weighted by Crippen LogP contribution is -2.30. The molecule has 4 nitrogen and oxygen atoms in total. The topological polar surface area (TPSA) is 63.8 Å². The van der Waals surface area contributed by atoms with Crippen molar-refractivity contribution in [3.8, 4) is 0 Å². The molecule has 0 spiro atoms. The Morgan fingerprint density at radius 3 is 2.68 bits per heavy atom. The number of nitrogens with one attached hydrogen (secondary N) is 1. The zero-order valence-corrected chi connectivity index (χ0v) is 11.4. The predicted molar refractivity (Wildman–Crippen MR) is 76.4 cm³/mol. The maximum Gasteiger partial charge on any atom is 0.0687 e. The van der Waals surface area contributed by atoms with Crippen molar-refractivity contribution in [1.82, 2.24) is 15.4 Å². The highest BCUT2D eigenvalue weighted by Gasteiger charge is 2.12. The number of hydrogen-bond donors (Lipinski definition) is 2. The lowest BCUT2D eigenvalue weighted by molar-refractivity contribution is 0.532. The van der Waals surface area contributed by atoms with Crippen molar-refractivity contribution in [2.24, 2.45) is 5.84 Å². The highest BCUT2D eigenvalue weighted by molar-refractivity contribution is 5.20. The number of hydrazine groups is 1. The third kappa shape index (κ3) is 3.59. The SMILES string of the molecule is CCc1ccc(CC(NN)c2cc(C)ccn2)nc1. The Morgan fingerprint density at radius 1 is 1.26 bits per heavy atom. The van der Waals surface area contributed by atoms with Crippen molar-refractivity contribution in [3.05, 3.63) is 59.2 Å². The minimum Gasteiger partial charge on any atom is -0.271 e. The van der Waals surface area contributed by atoms with Gasteiger partial charge in [-0.1, -0.05) is 13.0 Å². The largest absolute Gasteiger partial charge is 0.271 e. The van der Waals surface area contributed by atoms with E-state index < -0.39 is 0 Å². The molecule has 4 heteroatoms. The first-order valence-corrected chi connectivity index (χ1v) is 6.55. The van der Waals surface area contributed by atoms with Crippen LogP contribution in [0.15, 0.2) is 36.7 Å². The molecular formula is C15H20N4. The fourth-order valence-electron chi connectivity index (χ4n) is 1.99. The third-order valence-corrected chi connectivity index (χ3v) is 3.20. The van der Waals surface area contributed by atoms with Gasteiger partial charge in [0.05, 0.1) is 11.7 Å². The minimum absolute atomic E-state index is 0.0140. The van der Waals surface area contributed by atoms with Gasteiger partial charge in [0.25, 0.3) is 0 Å². The second-order valence-corrected chi connectivity index (χ2v) is 4.69.